The van der Waals surface area contributed by atoms with E-state index in [0.717, 1.165) is 32.2 Å². The number of aromatic nitrogens is 2. The van der Waals surface area contributed by atoms with Gasteiger partial charge in [-0.1, -0.05) is 0 Å². The number of fused-ring (bicyclic) bond motifs is 1. The summed E-state index contributed by atoms with van der Waals surface area (Å²) in [7, 11) is 1.42. The fourth-order valence-electron chi connectivity index (χ4n) is 3.36. The number of nitriles is 1. The molecular formula is C17H18FN3O2. The van der Waals surface area contributed by atoms with Crippen LogP contribution in [0.15, 0.2) is 18.5 Å². The predicted octanol–water partition coefficient (Wildman–Crippen LogP) is 3.03. The van der Waals surface area contributed by atoms with E-state index in [-0.39, 0.29) is 11.9 Å². The summed E-state index contributed by atoms with van der Waals surface area (Å²) in [6.45, 7) is 0.721. The number of nitrogens with zero attached hydrogens (tertiary/aromatic N) is 3. The van der Waals surface area contributed by atoms with E-state index in [1.165, 1.54) is 13.2 Å². The van der Waals surface area contributed by atoms with Crippen LogP contribution < -0.4 is 0 Å². The molecule has 0 radical (unpaired) electrons. The van der Waals surface area contributed by atoms with Gasteiger partial charge in [0.2, 0.25) is 0 Å². The first kappa shape index (κ1) is 15.5. The largest absolute Gasteiger partial charge is 0.469 e. The topological polar surface area (TPSA) is 67.9 Å². The minimum absolute atomic E-state index is 0.00147. The number of halogens is 1. The van der Waals surface area contributed by atoms with Crippen molar-refractivity contribution in [1.82, 2.24) is 9.55 Å². The van der Waals surface area contributed by atoms with Gasteiger partial charge in [0.25, 0.3) is 0 Å². The smallest absolute Gasteiger partial charge is 0.308 e. The first-order chi connectivity index (χ1) is 11.1. The van der Waals surface area contributed by atoms with E-state index in [2.05, 4.69) is 4.98 Å². The van der Waals surface area contributed by atoms with Crippen molar-refractivity contribution in [1.29, 1.82) is 5.26 Å². The Morgan fingerprint density at radius 2 is 2.17 bits per heavy atom. The molecule has 0 bridgehead atoms. The minimum atomic E-state index is -0.466. The Morgan fingerprint density at radius 1 is 1.43 bits per heavy atom. The van der Waals surface area contributed by atoms with Crippen molar-refractivity contribution in [3.05, 3.63) is 29.8 Å². The molecule has 0 N–H and O–H groups in total. The Balaban J connectivity index is 1.74. The van der Waals surface area contributed by atoms with Gasteiger partial charge in [0.05, 0.1) is 36.5 Å². The number of imidazole rings is 1. The number of carbonyl (C=O) groups is 1. The van der Waals surface area contributed by atoms with Crippen LogP contribution in [-0.2, 0) is 16.1 Å². The number of hydrogen-bond donors (Lipinski definition) is 0. The number of ether oxygens (including phenoxy) is 1. The maximum absolute atomic E-state index is 13.9. The van der Waals surface area contributed by atoms with E-state index in [1.807, 2.05) is 10.6 Å². The minimum Gasteiger partial charge on any atom is -0.469 e. The summed E-state index contributed by atoms with van der Waals surface area (Å²) in [6, 6.07) is 4.85. The molecule has 1 fully saturated rings. The molecule has 1 aliphatic carbocycles. The van der Waals surface area contributed by atoms with Crippen molar-refractivity contribution in [2.75, 3.05) is 7.11 Å². The fourth-order valence-corrected chi connectivity index (χ4v) is 3.36. The number of rotatable bonds is 3. The third-order valence-corrected chi connectivity index (χ3v) is 4.64. The number of methoxy groups -OCH3 is 1. The van der Waals surface area contributed by atoms with Gasteiger partial charge in [-0.3, -0.25) is 4.79 Å². The van der Waals surface area contributed by atoms with E-state index >= 15 is 0 Å². The number of benzene rings is 1. The summed E-state index contributed by atoms with van der Waals surface area (Å²) in [6.07, 6.45) is 5.13. The molecule has 5 nitrogen and oxygen atoms in total. The number of hydrogen-bond acceptors (Lipinski definition) is 4. The summed E-state index contributed by atoms with van der Waals surface area (Å²) >= 11 is 0. The van der Waals surface area contributed by atoms with Gasteiger partial charge in [-0.15, -0.1) is 0 Å². The lowest BCUT2D eigenvalue weighted by atomic mass is 9.82. The Labute approximate surface area is 133 Å². The van der Waals surface area contributed by atoms with E-state index in [4.69, 9.17) is 10.00 Å². The molecule has 0 spiro atoms. The van der Waals surface area contributed by atoms with E-state index in [1.54, 1.807) is 12.4 Å². The van der Waals surface area contributed by atoms with E-state index in [0.29, 0.717) is 22.5 Å². The Hall–Kier alpha value is -2.42. The molecule has 0 saturated heterocycles. The molecule has 2 aromatic rings. The Kier molecular flexibility index (Phi) is 4.28. The van der Waals surface area contributed by atoms with Crippen LogP contribution in [0.4, 0.5) is 4.39 Å². The van der Waals surface area contributed by atoms with Crippen molar-refractivity contribution in [3.63, 3.8) is 0 Å². The quantitative estimate of drug-likeness (QED) is 0.817. The van der Waals surface area contributed by atoms with Crippen molar-refractivity contribution in [2.45, 2.75) is 32.2 Å². The Bertz CT molecular complexity index is 770. The van der Waals surface area contributed by atoms with E-state index in [9.17, 15) is 9.18 Å². The van der Waals surface area contributed by atoms with Crippen molar-refractivity contribution < 1.29 is 13.9 Å². The highest BCUT2D eigenvalue weighted by Crippen LogP contribution is 2.31. The van der Waals surface area contributed by atoms with Gasteiger partial charge < -0.3 is 9.30 Å². The van der Waals surface area contributed by atoms with Gasteiger partial charge in [0.15, 0.2) is 5.82 Å². The number of carbonyl (C=O) groups excluding carboxylic acids is 1. The molecule has 1 aromatic heterocycles. The molecule has 0 aliphatic heterocycles. The molecule has 1 aliphatic rings. The molecule has 23 heavy (non-hydrogen) atoms. The molecule has 120 valence electrons. The summed E-state index contributed by atoms with van der Waals surface area (Å²) in [5.41, 5.74) is 1.25. The second kappa shape index (κ2) is 6.37. The van der Waals surface area contributed by atoms with Crippen LogP contribution >= 0.6 is 0 Å². The standard InChI is InChI=1S/C17H18FN3O2/c1-23-17(22)13-4-2-11(3-5-13)9-21-10-20-16-14(18)6-12(8-19)7-15(16)21/h6-7,10-11,13H,2-5,9H2,1H3. The normalized spacial score (nSPS) is 21.1. The van der Waals surface area contributed by atoms with Gasteiger partial charge >= 0.3 is 5.97 Å². The molecular weight excluding hydrogens is 297 g/mol. The first-order valence-electron chi connectivity index (χ1n) is 7.74. The highest BCUT2D eigenvalue weighted by Gasteiger charge is 2.27. The molecule has 1 heterocycles. The second-order valence-corrected chi connectivity index (χ2v) is 6.08. The van der Waals surface area contributed by atoms with Crippen molar-refractivity contribution in [2.24, 2.45) is 11.8 Å². The van der Waals surface area contributed by atoms with Crippen molar-refractivity contribution in [3.8, 4) is 6.07 Å². The molecule has 0 unspecified atom stereocenters. The molecule has 0 amide bonds. The second-order valence-electron chi connectivity index (χ2n) is 6.08. The maximum atomic E-state index is 13.9. The molecule has 0 atom stereocenters. The van der Waals surface area contributed by atoms with Gasteiger partial charge in [-0.25, -0.2) is 9.37 Å². The molecule has 6 heteroatoms. The van der Waals surface area contributed by atoms with Crippen LogP contribution in [0.3, 0.4) is 0 Å². The third kappa shape index (κ3) is 3.04. The zero-order valence-corrected chi connectivity index (χ0v) is 13.0. The lowest BCUT2D eigenvalue weighted by Gasteiger charge is -2.27. The lowest BCUT2D eigenvalue weighted by Crippen LogP contribution is -2.24. The third-order valence-electron chi connectivity index (χ3n) is 4.64. The van der Waals surface area contributed by atoms with Crippen LogP contribution in [-0.4, -0.2) is 22.6 Å². The zero-order chi connectivity index (χ0) is 16.4. The first-order valence-corrected chi connectivity index (χ1v) is 7.74. The van der Waals surface area contributed by atoms with Crippen LogP contribution in [0.2, 0.25) is 0 Å². The number of esters is 1. The summed E-state index contributed by atoms with van der Waals surface area (Å²) in [5, 5.41) is 8.99. The zero-order valence-electron chi connectivity index (χ0n) is 13.0. The van der Waals surface area contributed by atoms with Crippen LogP contribution in [0.25, 0.3) is 11.0 Å². The SMILES string of the molecule is COC(=O)C1CCC(Cn2cnc3c(F)cc(C#N)cc32)CC1. The molecule has 1 aromatic carbocycles. The van der Waals surface area contributed by atoms with Crippen LogP contribution in [0, 0.1) is 29.0 Å². The monoisotopic (exact) mass is 315 g/mol. The van der Waals surface area contributed by atoms with Gasteiger partial charge in [0.1, 0.15) is 5.52 Å². The molecule has 3 rings (SSSR count). The average Bonchev–Trinajstić information content (AvgIpc) is 2.98. The van der Waals surface area contributed by atoms with Gasteiger partial charge in [0, 0.05) is 6.54 Å². The average molecular weight is 315 g/mol. The van der Waals surface area contributed by atoms with E-state index < -0.39 is 5.82 Å². The maximum Gasteiger partial charge on any atom is 0.308 e. The van der Waals surface area contributed by atoms with Crippen LogP contribution in [0.1, 0.15) is 31.2 Å². The highest BCUT2D eigenvalue weighted by molar-refractivity contribution is 5.77. The Morgan fingerprint density at radius 3 is 2.83 bits per heavy atom. The van der Waals surface area contributed by atoms with Crippen LogP contribution in [0.5, 0.6) is 0 Å². The summed E-state index contributed by atoms with van der Waals surface area (Å²) in [4.78, 5) is 15.7. The molecule has 1 saturated carbocycles. The van der Waals surface area contributed by atoms with Crippen molar-refractivity contribution >= 4 is 17.0 Å². The lowest BCUT2D eigenvalue weighted by molar-refractivity contribution is -0.146. The van der Waals surface area contributed by atoms with Gasteiger partial charge in [-0.05, 0) is 43.7 Å². The fraction of sp³-hybridized carbons (Fsp3) is 0.471. The van der Waals surface area contributed by atoms with Gasteiger partial charge in [-0.2, -0.15) is 5.26 Å². The summed E-state index contributed by atoms with van der Waals surface area (Å²) in [5.74, 6) is -0.176. The predicted molar refractivity (Wildman–Crippen MR) is 81.9 cm³/mol. The highest BCUT2D eigenvalue weighted by atomic mass is 19.1. The summed E-state index contributed by atoms with van der Waals surface area (Å²) < 4.78 is 20.6.